The van der Waals surface area contributed by atoms with Crippen LogP contribution in [0.1, 0.15) is 11.3 Å². The van der Waals surface area contributed by atoms with Gasteiger partial charge >= 0.3 is 0 Å². The molecule has 1 aromatic carbocycles. The Morgan fingerprint density at radius 3 is 2.58 bits per heavy atom. The second kappa shape index (κ2) is 8.17. The van der Waals surface area contributed by atoms with Gasteiger partial charge < -0.3 is 20.3 Å². The maximum absolute atomic E-state index is 6.15. The lowest BCUT2D eigenvalue weighted by Gasteiger charge is -2.14. The van der Waals surface area contributed by atoms with Crippen molar-refractivity contribution in [1.29, 1.82) is 0 Å². The van der Waals surface area contributed by atoms with E-state index in [9.17, 15) is 0 Å². The number of aryl methyl sites for hydroxylation is 2. The van der Waals surface area contributed by atoms with Gasteiger partial charge in [0.2, 0.25) is 5.95 Å². The zero-order valence-corrected chi connectivity index (χ0v) is 15.5. The van der Waals surface area contributed by atoms with E-state index in [1.54, 1.807) is 13.2 Å². The molecule has 0 aliphatic carbocycles. The van der Waals surface area contributed by atoms with Crippen LogP contribution < -0.4 is 15.4 Å². The number of halogens is 1. The highest BCUT2D eigenvalue weighted by atomic mass is 35.5. The van der Waals surface area contributed by atoms with Crippen LogP contribution in [-0.4, -0.2) is 49.2 Å². The van der Waals surface area contributed by atoms with Crippen molar-refractivity contribution in [3.63, 3.8) is 0 Å². The van der Waals surface area contributed by atoms with E-state index in [1.807, 2.05) is 40.1 Å². The SMILES string of the molecule is COc1cc(Cl)c(C)cc1Nc1nc(C)cc(NCCN(C)C)n1. The first-order chi connectivity index (χ1) is 11.4. The van der Waals surface area contributed by atoms with Crippen molar-refractivity contribution in [3.8, 4) is 5.75 Å². The fourth-order valence-corrected chi connectivity index (χ4v) is 2.33. The molecule has 0 saturated heterocycles. The number of aromatic nitrogens is 2. The number of hydrogen-bond acceptors (Lipinski definition) is 6. The maximum atomic E-state index is 6.15. The van der Waals surface area contributed by atoms with E-state index < -0.39 is 0 Å². The number of likely N-dealkylation sites (N-methyl/N-ethyl adjacent to an activating group) is 1. The van der Waals surface area contributed by atoms with Crippen molar-refractivity contribution in [3.05, 3.63) is 34.5 Å². The minimum absolute atomic E-state index is 0.516. The number of benzene rings is 1. The lowest BCUT2D eigenvalue weighted by molar-refractivity contribution is 0.416. The Kier molecular flexibility index (Phi) is 6.23. The van der Waals surface area contributed by atoms with Gasteiger partial charge in [0.1, 0.15) is 11.6 Å². The van der Waals surface area contributed by atoms with Crippen molar-refractivity contribution in [2.75, 3.05) is 44.9 Å². The van der Waals surface area contributed by atoms with Gasteiger partial charge in [-0.2, -0.15) is 4.98 Å². The second-order valence-electron chi connectivity index (χ2n) is 5.87. The molecule has 0 aliphatic rings. The van der Waals surface area contributed by atoms with Crippen molar-refractivity contribution in [2.45, 2.75) is 13.8 Å². The number of nitrogens with one attached hydrogen (secondary N) is 2. The van der Waals surface area contributed by atoms with Gasteiger partial charge in [0.15, 0.2) is 0 Å². The molecule has 0 bridgehead atoms. The molecule has 0 aliphatic heterocycles. The molecule has 1 aromatic heterocycles. The quantitative estimate of drug-likeness (QED) is 0.798. The van der Waals surface area contributed by atoms with E-state index in [0.29, 0.717) is 16.7 Å². The van der Waals surface area contributed by atoms with Gasteiger partial charge in [0, 0.05) is 35.9 Å². The summed E-state index contributed by atoms with van der Waals surface area (Å²) in [6, 6.07) is 5.63. The predicted octanol–water partition coefficient (Wildman–Crippen LogP) is 3.47. The van der Waals surface area contributed by atoms with Crippen LogP contribution in [0.5, 0.6) is 5.75 Å². The summed E-state index contributed by atoms with van der Waals surface area (Å²) in [4.78, 5) is 11.1. The lowest BCUT2D eigenvalue weighted by Crippen LogP contribution is -2.21. The summed E-state index contributed by atoms with van der Waals surface area (Å²) in [5, 5.41) is 7.18. The average molecular weight is 350 g/mol. The molecule has 0 atom stereocenters. The van der Waals surface area contributed by atoms with Gasteiger partial charge in [-0.05, 0) is 39.6 Å². The van der Waals surface area contributed by atoms with Crippen LogP contribution in [0.2, 0.25) is 5.02 Å². The number of rotatable bonds is 7. The van der Waals surface area contributed by atoms with E-state index in [2.05, 4.69) is 25.5 Å². The molecule has 130 valence electrons. The summed E-state index contributed by atoms with van der Waals surface area (Å²) in [6.45, 7) is 5.62. The van der Waals surface area contributed by atoms with Crippen LogP contribution in [0.3, 0.4) is 0 Å². The number of hydrogen-bond donors (Lipinski definition) is 2. The molecule has 2 aromatic rings. The molecule has 6 nitrogen and oxygen atoms in total. The smallest absolute Gasteiger partial charge is 0.229 e. The first-order valence-corrected chi connectivity index (χ1v) is 8.12. The number of ether oxygens (including phenoxy) is 1. The fraction of sp³-hybridized carbons (Fsp3) is 0.412. The third-order valence-electron chi connectivity index (χ3n) is 3.45. The Labute approximate surface area is 148 Å². The molecule has 0 spiro atoms. The Morgan fingerprint density at radius 1 is 1.17 bits per heavy atom. The Morgan fingerprint density at radius 2 is 1.92 bits per heavy atom. The van der Waals surface area contributed by atoms with Gasteiger partial charge in [-0.25, -0.2) is 4.98 Å². The van der Waals surface area contributed by atoms with Gasteiger partial charge in [-0.15, -0.1) is 0 Å². The van der Waals surface area contributed by atoms with E-state index in [0.717, 1.165) is 35.9 Å². The molecule has 0 amide bonds. The number of methoxy groups -OCH3 is 1. The Balaban J connectivity index is 2.20. The fourth-order valence-electron chi connectivity index (χ4n) is 2.17. The first kappa shape index (κ1) is 18.3. The molecule has 0 unspecified atom stereocenters. The molecule has 0 fully saturated rings. The zero-order valence-electron chi connectivity index (χ0n) is 14.8. The van der Waals surface area contributed by atoms with E-state index in [4.69, 9.17) is 16.3 Å². The highest BCUT2D eigenvalue weighted by Gasteiger charge is 2.10. The third-order valence-corrected chi connectivity index (χ3v) is 3.85. The molecule has 0 radical (unpaired) electrons. The lowest BCUT2D eigenvalue weighted by atomic mass is 10.2. The van der Waals surface area contributed by atoms with Crippen LogP contribution in [0.25, 0.3) is 0 Å². The van der Waals surface area contributed by atoms with Crippen LogP contribution in [0.15, 0.2) is 18.2 Å². The largest absolute Gasteiger partial charge is 0.495 e. The van der Waals surface area contributed by atoms with Crippen LogP contribution in [0.4, 0.5) is 17.5 Å². The highest BCUT2D eigenvalue weighted by molar-refractivity contribution is 6.31. The van der Waals surface area contributed by atoms with Crippen LogP contribution >= 0.6 is 11.6 Å². The van der Waals surface area contributed by atoms with Crippen molar-refractivity contribution >= 4 is 29.1 Å². The van der Waals surface area contributed by atoms with Gasteiger partial charge in [-0.3, -0.25) is 0 Å². The summed E-state index contributed by atoms with van der Waals surface area (Å²) >= 11 is 6.15. The predicted molar refractivity (Wildman–Crippen MR) is 99.8 cm³/mol. The van der Waals surface area contributed by atoms with E-state index in [1.165, 1.54) is 0 Å². The Hall–Kier alpha value is -2.05. The van der Waals surface area contributed by atoms with Crippen molar-refractivity contribution in [1.82, 2.24) is 14.9 Å². The molecule has 2 N–H and O–H groups in total. The van der Waals surface area contributed by atoms with Crippen LogP contribution in [-0.2, 0) is 0 Å². The highest BCUT2D eigenvalue weighted by Crippen LogP contribution is 2.32. The van der Waals surface area contributed by atoms with Gasteiger partial charge in [-0.1, -0.05) is 11.6 Å². The van der Waals surface area contributed by atoms with E-state index in [-0.39, 0.29) is 0 Å². The van der Waals surface area contributed by atoms with Gasteiger partial charge in [0.25, 0.3) is 0 Å². The third kappa shape index (κ3) is 4.97. The summed E-state index contributed by atoms with van der Waals surface area (Å²) in [7, 11) is 5.68. The molecule has 2 rings (SSSR count). The Bertz CT molecular complexity index is 706. The zero-order chi connectivity index (χ0) is 17.7. The monoisotopic (exact) mass is 349 g/mol. The standard InChI is InChI=1S/C17H24ClN5O/c1-11-8-14(15(24-5)10-13(11)18)21-17-20-12(2)9-16(22-17)19-6-7-23(3)4/h8-10H,6-7H2,1-5H3,(H2,19,20,21,22). The topological polar surface area (TPSA) is 62.3 Å². The van der Waals surface area contributed by atoms with E-state index >= 15 is 0 Å². The average Bonchev–Trinajstić information content (AvgIpc) is 2.49. The summed E-state index contributed by atoms with van der Waals surface area (Å²) in [6.07, 6.45) is 0. The minimum Gasteiger partial charge on any atom is -0.495 e. The van der Waals surface area contributed by atoms with Crippen molar-refractivity contribution in [2.24, 2.45) is 0 Å². The number of nitrogens with zero attached hydrogens (tertiary/aromatic N) is 3. The first-order valence-electron chi connectivity index (χ1n) is 7.74. The molecule has 24 heavy (non-hydrogen) atoms. The molecular formula is C17H24ClN5O. The summed E-state index contributed by atoms with van der Waals surface area (Å²) in [5.74, 6) is 1.96. The van der Waals surface area contributed by atoms with Gasteiger partial charge in [0.05, 0.1) is 12.8 Å². The molecule has 0 saturated carbocycles. The normalized spacial score (nSPS) is 10.8. The summed E-state index contributed by atoms with van der Waals surface area (Å²) < 4.78 is 5.38. The molecular weight excluding hydrogens is 326 g/mol. The second-order valence-corrected chi connectivity index (χ2v) is 6.28. The maximum Gasteiger partial charge on any atom is 0.229 e. The van der Waals surface area contributed by atoms with Crippen LogP contribution in [0, 0.1) is 13.8 Å². The molecule has 7 heteroatoms. The molecule has 1 heterocycles. The number of anilines is 3. The minimum atomic E-state index is 0.516. The van der Waals surface area contributed by atoms with Crippen molar-refractivity contribution < 1.29 is 4.74 Å². The summed E-state index contributed by atoms with van der Waals surface area (Å²) in [5.41, 5.74) is 2.62.